The number of carbonyl (C=O) groups is 2. The van der Waals surface area contributed by atoms with Crippen LogP contribution in [0.4, 0.5) is 15.5 Å². The molecule has 0 atom stereocenters. The number of nitrogens with one attached hydrogen (secondary N) is 4. The molecule has 9 nitrogen and oxygen atoms in total. The highest BCUT2D eigenvalue weighted by Crippen LogP contribution is 2.16. The van der Waals surface area contributed by atoms with Gasteiger partial charge in [-0.05, 0) is 43.7 Å². The van der Waals surface area contributed by atoms with E-state index in [-0.39, 0.29) is 11.5 Å². The van der Waals surface area contributed by atoms with E-state index in [4.69, 9.17) is 4.74 Å². The van der Waals surface area contributed by atoms with E-state index in [0.29, 0.717) is 29.3 Å². The van der Waals surface area contributed by atoms with Crippen LogP contribution in [0.2, 0.25) is 0 Å². The van der Waals surface area contributed by atoms with Crippen molar-refractivity contribution in [2.75, 3.05) is 5.32 Å². The van der Waals surface area contributed by atoms with Gasteiger partial charge < -0.3 is 10.1 Å². The zero-order valence-corrected chi connectivity index (χ0v) is 15.3. The van der Waals surface area contributed by atoms with E-state index in [2.05, 4.69) is 25.9 Å². The van der Waals surface area contributed by atoms with E-state index in [1.54, 1.807) is 37.3 Å². The van der Waals surface area contributed by atoms with Crippen LogP contribution in [0.1, 0.15) is 17.7 Å². The predicted molar refractivity (Wildman–Crippen MR) is 103 cm³/mol. The second-order valence-electron chi connectivity index (χ2n) is 6.21. The fourth-order valence-electron chi connectivity index (χ4n) is 2.56. The van der Waals surface area contributed by atoms with Crippen molar-refractivity contribution >= 4 is 18.1 Å². The molecule has 1 heterocycles. The molecule has 1 aliphatic carbocycles. The largest absolute Gasteiger partial charge is 0.416 e. The van der Waals surface area contributed by atoms with Crippen molar-refractivity contribution in [2.45, 2.75) is 20.3 Å². The van der Waals surface area contributed by atoms with Crippen molar-refractivity contribution in [3.8, 4) is 5.75 Å². The Morgan fingerprint density at radius 2 is 1.82 bits per heavy atom. The third-order valence-electron chi connectivity index (χ3n) is 3.71. The third-order valence-corrected chi connectivity index (χ3v) is 3.71. The summed E-state index contributed by atoms with van der Waals surface area (Å²) in [6, 6.07) is 7.90. The molecule has 3 amide bonds. The summed E-state index contributed by atoms with van der Waals surface area (Å²) >= 11 is 0. The monoisotopic (exact) mass is 381 g/mol. The molecule has 0 bridgehead atoms. The van der Waals surface area contributed by atoms with E-state index in [1.165, 1.54) is 6.07 Å². The molecular formula is C19H19N5O4. The van der Waals surface area contributed by atoms with E-state index in [9.17, 15) is 14.4 Å². The van der Waals surface area contributed by atoms with Crippen LogP contribution in [0.15, 0.2) is 58.7 Å². The second-order valence-corrected chi connectivity index (χ2v) is 6.21. The number of anilines is 1. The Balaban J connectivity index is 1.47. The average molecular weight is 381 g/mol. The van der Waals surface area contributed by atoms with Crippen LogP contribution < -0.4 is 26.2 Å². The molecule has 28 heavy (non-hydrogen) atoms. The van der Waals surface area contributed by atoms with Crippen LogP contribution in [-0.2, 0) is 0 Å². The molecule has 0 saturated carbocycles. The average Bonchev–Trinajstić information content (AvgIpc) is 3.00. The second kappa shape index (κ2) is 8.21. The summed E-state index contributed by atoms with van der Waals surface area (Å²) in [7, 11) is 0. The summed E-state index contributed by atoms with van der Waals surface area (Å²) in [5.74, 6) is 0.496. The summed E-state index contributed by atoms with van der Waals surface area (Å²) in [5.41, 5.74) is 2.25. The number of amides is 3. The first-order valence-electron chi connectivity index (χ1n) is 8.48. The van der Waals surface area contributed by atoms with Gasteiger partial charge in [0, 0.05) is 29.6 Å². The summed E-state index contributed by atoms with van der Waals surface area (Å²) in [4.78, 5) is 41.8. The zero-order valence-electron chi connectivity index (χ0n) is 15.3. The van der Waals surface area contributed by atoms with Gasteiger partial charge in [0.2, 0.25) is 5.95 Å². The lowest BCUT2D eigenvalue weighted by Crippen LogP contribution is -2.31. The smallest absolute Gasteiger partial charge is 0.410 e. The van der Waals surface area contributed by atoms with Gasteiger partial charge in [-0.15, -0.1) is 0 Å². The van der Waals surface area contributed by atoms with Gasteiger partial charge in [-0.25, -0.2) is 14.6 Å². The van der Waals surface area contributed by atoms with Crippen molar-refractivity contribution in [1.29, 1.82) is 0 Å². The molecule has 0 aliphatic heterocycles. The first kappa shape index (κ1) is 18.9. The standard InChI is InChI=1S/C19H19N5O4/c1-11-4-3-5-15(8-11)28-19(27)22-14-7-6-13(10-14)21-18(26)24-17-20-12(2)9-16(25)23-17/h3-9H,10H2,1-2H3,(H,22,27)(H3,20,21,23,24,25,26). The highest BCUT2D eigenvalue weighted by atomic mass is 16.6. The van der Waals surface area contributed by atoms with Gasteiger partial charge in [-0.3, -0.25) is 20.4 Å². The van der Waals surface area contributed by atoms with Gasteiger partial charge in [0.25, 0.3) is 5.56 Å². The van der Waals surface area contributed by atoms with Crippen LogP contribution >= 0.6 is 0 Å². The molecule has 0 radical (unpaired) electrons. The summed E-state index contributed by atoms with van der Waals surface area (Å²) in [5, 5.41) is 7.71. The maximum absolute atomic E-state index is 12.0. The first-order valence-corrected chi connectivity index (χ1v) is 8.48. The fourth-order valence-corrected chi connectivity index (χ4v) is 2.56. The molecule has 1 aromatic carbocycles. The van der Waals surface area contributed by atoms with Gasteiger partial charge in [0.05, 0.1) is 0 Å². The van der Waals surface area contributed by atoms with Crippen LogP contribution in [0, 0.1) is 13.8 Å². The topological polar surface area (TPSA) is 125 Å². The Hall–Kier alpha value is -3.88. The summed E-state index contributed by atoms with van der Waals surface area (Å²) < 4.78 is 5.22. The molecule has 1 aliphatic rings. The van der Waals surface area contributed by atoms with Crippen molar-refractivity contribution < 1.29 is 14.3 Å². The Morgan fingerprint density at radius 1 is 1.07 bits per heavy atom. The van der Waals surface area contributed by atoms with E-state index < -0.39 is 12.1 Å². The maximum atomic E-state index is 12.0. The van der Waals surface area contributed by atoms with Gasteiger partial charge in [0.1, 0.15) is 5.75 Å². The van der Waals surface area contributed by atoms with E-state index >= 15 is 0 Å². The molecule has 0 saturated heterocycles. The van der Waals surface area contributed by atoms with Crippen molar-refractivity contribution in [3.05, 3.63) is 75.5 Å². The number of urea groups is 1. The lowest BCUT2D eigenvalue weighted by atomic mass is 10.2. The number of nitrogens with zero attached hydrogens (tertiary/aromatic N) is 1. The predicted octanol–water partition coefficient (Wildman–Crippen LogP) is 2.47. The maximum Gasteiger partial charge on any atom is 0.416 e. The van der Waals surface area contributed by atoms with Gasteiger partial charge in [0.15, 0.2) is 0 Å². The minimum absolute atomic E-state index is 0.0501. The Labute approximate surface area is 160 Å². The van der Waals surface area contributed by atoms with Crippen molar-refractivity contribution in [1.82, 2.24) is 20.6 Å². The van der Waals surface area contributed by atoms with Crippen molar-refractivity contribution in [3.63, 3.8) is 0 Å². The van der Waals surface area contributed by atoms with Gasteiger partial charge >= 0.3 is 12.1 Å². The normalized spacial score (nSPS) is 12.6. The minimum atomic E-state index is -0.613. The third kappa shape index (κ3) is 5.31. The minimum Gasteiger partial charge on any atom is -0.410 e. The summed E-state index contributed by atoms with van der Waals surface area (Å²) in [6.07, 6.45) is 3.03. The highest BCUT2D eigenvalue weighted by molar-refractivity contribution is 5.88. The summed E-state index contributed by atoms with van der Waals surface area (Å²) in [6.45, 7) is 3.55. The van der Waals surface area contributed by atoms with Crippen LogP contribution in [0.25, 0.3) is 0 Å². The number of aromatic nitrogens is 2. The fraction of sp³-hybridized carbons (Fsp3) is 0.158. The van der Waals surface area contributed by atoms with Crippen LogP contribution in [0.5, 0.6) is 5.75 Å². The number of benzene rings is 1. The molecule has 0 spiro atoms. The number of ether oxygens (including phenoxy) is 1. The number of aromatic amines is 1. The van der Waals surface area contributed by atoms with Crippen LogP contribution in [0.3, 0.4) is 0 Å². The molecule has 144 valence electrons. The Kier molecular flexibility index (Phi) is 5.54. The quantitative estimate of drug-likeness (QED) is 0.647. The number of aryl methyl sites for hydroxylation is 2. The molecule has 2 aromatic rings. The molecule has 9 heteroatoms. The van der Waals surface area contributed by atoms with Crippen LogP contribution in [-0.4, -0.2) is 22.1 Å². The lowest BCUT2D eigenvalue weighted by Gasteiger charge is -2.10. The zero-order chi connectivity index (χ0) is 20.1. The van der Waals surface area contributed by atoms with Crippen molar-refractivity contribution in [2.24, 2.45) is 0 Å². The van der Waals surface area contributed by atoms with E-state index in [0.717, 1.165) is 5.56 Å². The number of carbonyl (C=O) groups excluding carboxylic acids is 2. The Bertz CT molecular complexity index is 1040. The molecule has 3 rings (SSSR count). The SMILES string of the molecule is Cc1cccc(OC(=O)NC2=CC=C(NC(=O)Nc3nc(C)cc(=O)[nH]3)C2)c1. The number of hydrogen-bond donors (Lipinski definition) is 4. The molecule has 0 unspecified atom stereocenters. The first-order chi connectivity index (χ1) is 13.4. The van der Waals surface area contributed by atoms with E-state index in [1.807, 2.05) is 13.0 Å². The molecule has 1 aromatic heterocycles. The molecular weight excluding hydrogens is 362 g/mol. The molecule has 4 N–H and O–H groups in total. The molecule has 0 fully saturated rings. The Morgan fingerprint density at radius 3 is 2.54 bits per heavy atom. The number of hydrogen-bond acceptors (Lipinski definition) is 5. The highest BCUT2D eigenvalue weighted by Gasteiger charge is 2.15. The van der Waals surface area contributed by atoms with Gasteiger partial charge in [-0.2, -0.15) is 0 Å². The lowest BCUT2D eigenvalue weighted by molar-refractivity contribution is 0.203. The number of H-pyrrole nitrogens is 1. The number of rotatable bonds is 4. The number of allylic oxidation sites excluding steroid dienone is 2. The van der Waals surface area contributed by atoms with Gasteiger partial charge in [-0.1, -0.05) is 12.1 Å².